The van der Waals surface area contributed by atoms with Crippen LogP contribution in [0.2, 0.25) is 0 Å². The van der Waals surface area contributed by atoms with Gasteiger partial charge < -0.3 is 16.0 Å². The quantitative estimate of drug-likeness (QED) is 0.674. The number of carbonyl (C=O) groups is 2. The number of hydrogen-bond acceptors (Lipinski definition) is 3. The summed E-state index contributed by atoms with van der Waals surface area (Å²) in [5, 5.41) is 2.81. The van der Waals surface area contributed by atoms with Gasteiger partial charge in [0.15, 0.2) is 0 Å². The lowest BCUT2D eigenvalue weighted by Crippen LogP contribution is -2.46. The molecule has 0 aromatic heterocycles. The van der Waals surface area contributed by atoms with Gasteiger partial charge in [0, 0.05) is 32.6 Å². The smallest absolute Gasteiger partial charge is 0.224 e. The first-order chi connectivity index (χ1) is 9.19. The molecule has 1 atom stereocenters. The van der Waals surface area contributed by atoms with E-state index in [0.29, 0.717) is 26.1 Å². The molecule has 5 nitrogen and oxygen atoms in total. The summed E-state index contributed by atoms with van der Waals surface area (Å²) in [6, 6.07) is 0. The molecule has 5 heteroatoms. The van der Waals surface area contributed by atoms with Crippen LogP contribution < -0.4 is 11.1 Å². The number of carbonyl (C=O) groups excluding carboxylic acids is 2. The first-order valence-corrected chi connectivity index (χ1v) is 7.44. The van der Waals surface area contributed by atoms with Gasteiger partial charge in [0.1, 0.15) is 0 Å². The second-order valence-electron chi connectivity index (χ2n) is 5.22. The number of nitrogens with one attached hydrogen (secondary N) is 1. The Morgan fingerprint density at radius 3 is 2.84 bits per heavy atom. The minimum absolute atomic E-state index is 0.0384. The summed E-state index contributed by atoms with van der Waals surface area (Å²) >= 11 is 0. The second-order valence-corrected chi connectivity index (χ2v) is 5.22. The fourth-order valence-electron chi connectivity index (χ4n) is 2.44. The molecule has 1 aliphatic rings. The van der Waals surface area contributed by atoms with Gasteiger partial charge in [-0.3, -0.25) is 9.59 Å². The van der Waals surface area contributed by atoms with E-state index in [1.807, 2.05) is 4.90 Å². The van der Waals surface area contributed by atoms with E-state index < -0.39 is 0 Å². The molecule has 0 aromatic carbocycles. The molecule has 1 aliphatic heterocycles. The first-order valence-electron chi connectivity index (χ1n) is 7.44. The summed E-state index contributed by atoms with van der Waals surface area (Å²) in [4.78, 5) is 25.8. The summed E-state index contributed by atoms with van der Waals surface area (Å²) in [6.45, 7) is 4.47. The molecular formula is C14H27N3O2. The van der Waals surface area contributed by atoms with E-state index >= 15 is 0 Å². The van der Waals surface area contributed by atoms with Crippen LogP contribution in [0.1, 0.15) is 45.4 Å². The van der Waals surface area contributed by atoms with Gasteiger partial charge in [-0.15, -0.1) is 0 Å². The minimum Gasteiger partial charge on any atom is -0.355 e. The van der Waals surface area contributed by atoms with Crippen molar-refractivity contribution in [2.45, 2.75) is 45.4 Å². The molecule has 19 heavy (non-hydrogen) atoms. The number of amides is 2. The van der Waals surface area contributed by atoms with Crippen molar-refractivity contribution in [1.29, 1.82) is 0 Å². The fourth-order valence-corrected chi connectivity index (χ4v) is 2.44. The fraction of sp³-hybridized carbons (Fsp3) is 0.857. The number of nitrogens with zero attached hydrogens (tertiary/aromatic N) is 1. The molecule has 2 amide bonds. The van der Waals surface area contributed by atoms with Gasteiger partial charge in [-0.1, -0.05) is 19.8 Å². The molecule has 110 valence electrons. The number of nitrogens with two attached hydrogens (primary N) is 1. The van der Waals surface area contributed by atoms with Crippen LogP contribution in [0.15, 0.2) is 0 Å². The summed E-state index contributed by atoms with van der Waals surface area (Å²) < 4.78 is 0. The van der Waals surface area contributed by atoms with E-state index in [1.54, 1.807) is 0 Å². The lowest BCUT2D eigenvalue weighted by molar-refractivity contribution is -0.135. The van der Waals surface area contributed by atoms with Crippen molar-refractivity contribution < 1.29 is 9.59 Å². The van der Waals surface area contributed by atoms with E-state index in [0.717, 1.165) is 38.6 Å². The van der Waals surface area contributed by atoms with Crippen LogP contribution in [-0.4, -0.2) is 42.9 Å². The third kappa shape index (κ3) is 5.59. The Morgan fingerprint density at radius 1 is 1.37 bits per heavy atom. The van der Waals surface area contributed by atoms with Crippen LogP contribution in [0.25, 0.3) is 0 Å². The maximum absolute atomic E-state index is 12.0. The molecule has 0 aromatic rings. The Balaban J connectivity index is 2.36. The van der Waals surface area contributed by atoms with Crippen LogP contribution in [0.3, 0.4) is 0 Å². The minimum atomic E-state index is -0.0598. The van der Waals surface area contributed by atoms with Crippen LogP contribution in [-0.2, 0) is 9.59 Å². The second kappa shape index (κ2) is 8.91. The third-order valence-corrected chi connectivity index (χ3v) is 3.58. The summed E-state index contributed by atoms with van der Waals surface area (Å²) in [7, 11) is 0. The van der Waals surface area contributed by atoms with Gasteiger partial charge >= 0.3 is 0 Å². The monoisotopic (exact) mass is 269 g/mol. The molecular weight excluding hydrogens is 242 g/mol. The summed E-state index contributed by atoms with van der Waals surface area (Å²) in [6.07, 6.45) is 5.58. The Labute approximate surface area is 115 Å². The molecule has 1 heterocycles. The van der Waals surface area contributed by atoms with Gasteiger partial charge in [-0.25, -0.2) is 0 Å². The highest BCUT2D eigenvalue weighted by Crippen LogP contribution is 2.18. The average molecular weight is 269 g/mol. The number of likely N-dealkylation sites (tertiary alicyclic amines) is 1. The largest absolute Gasteiger partial charge is 0.355 e. The molecule has 0 bridgehead atoms. The molecule has 3 N–H and O–H groups in total. The van der Waals surface area contributed by atoms with E-state index in [9.17, 15) is 9.59 Å². The molecule has 1 saturated heterocycles. The van der Waals surface area contributed by atoms with E-state index in [1.165, 1.54) is 0 Å². The topological polar surface area (TPSA) is 75.4 Å². The summed E-state index contributed by atoms with van der Waals surface area (Å²) in [5.41, 5.74) is 5.37. The standard InChI is InChI=1S/C14H27N3O2/c1-2-3-4-7-13(18)17-10-5-6-12(11-17)14(19)16-9-8-15/h12H,2-11,15H2,1H3,(H,16,19). The highest BCUT2D eigenvalue weighted by Gasteiger charge is 2.27. The molecule has 0 spiro atoms. The van der Waals surface area contributed by atoms with E-state index in [-0.39, 0.29) is 17.7 Å². The SMILES string of the molecule is CCCCCC(=O)N1CCCC(C(=O)NCCN)C1. The first kappa shape index (κ1) is 16.0. The van der Waals surface area contributed by atoms with Crippen molar-refractivity contribution in [3.05, 3.63) is 0 Å². The molecule has 1 unspecified atom stereocenters. The van der Waals surface area contributed by atoms with E-state index in [4.69, 9.17) is 5.73 Å². The Morgan fingerprint density at radius 2 is 2.16 bits per heavy atom. The van der Waals surface area contributed by atoms with Gasteiger partial charge in [0.2, 0.25) is 11.8 Å². The zero-order valence-electron chi connectivity index (χ0n) is 12.0. The zero-order chi connectivity index (χ0) is 14.1. The van der Waals surface area contributed by atoms with Crippen molar-refractivity contribution in [2.24, 2.45) is 11.7 Å². The predicted octanol–water partition coefficient (Wildman–Crippen LogP) is 0.880. The predicted molar refractivity (Wildman–Crippen MR) is 75.5 cm³/mol. The molecule has 1 fully saturated rings. The zero-order valence-corrected chi connectivity index (χ0v) is 12.0. The summed E-state index contributed by atoms with van der Waals surface area (Å²) in [5.74, 6) is 0.178. The third-order valence-electron chi connectivity index (χ3n) is 3.58. The van der Waals surface area contributed by atoms with Crippen LogP contribution in [0, 0.1) is 5.92 Å². The Hall–Kier alpha value is -1.10. The maximum Gasteiger partial charge on any atom is 0.224 e. The van der Waals surface area contributed by atoms with E-state index in [2.05, 4.69) is 12.2 Å². The number of unbranched alkanes of at least 4 members (excludes halogenated alkanes) is 2. The highest BCUT2D eigenvalue weighted by molar-refractivity contribution is 5.81. The van der Waals surface area contributed by atoms with Gasteiger partial charge in [-0.05, 0) is 19.3 Å². The number of hydrogen-bond donors (Lipinski definition) is 2. The average Bonchev–Trinajstić information content (AvgIpc) is 2.45. The number of rotatable bonds is 7. The normalized spacial score (nSPS) is 19.3. The van der Waals surface area contributed by atoms with Crippen LogP contribution in [0.4, 0.5) is 0 Å². The van der Waals surface area contributed by atoms with Gasteiger partial charge in [0.25, 0.3) is 0 Å². The van der Waals surface area contributed by atoms with Crippen LogP contribution in [0.5, 0.6) is 0 Å². The van der Waals surface area contributed by atoms with Gasteiger partial charge in [0.05, 0.1) is 5.92 Å². The van der Waals surface area contributed by atoms with Crippen molar-refractivity contribution >= 4 is 11.8 Å². The number of piperidine rings is 1. The molecule has 1 rings (SSSR count). The van der Waals surface area contributed by atoms with Crippen molar-refractivity contribution in [3.63, 3.8) is 0 Å². The van der Waals surface area contributed by atoms with Crippen molar-refractivity contribution in [2.75, 3.05) is 26.2 Å². The Kier molecular flexibility index (Phi) is 7.48. The highest BCUT2D eigenvalue weighted by atomic mass is 16.2. The van der Waals surface area contributed by atoms with Crippen LogP contribution >= 0.6 is 0 Å². The molecule has 0 aliphatic carbocycles. The molecule has 0 radical (unpaired) electrons. The van der Waals surface area contributed by atoms with Crippen molar-refractivity contribution in [3.8, 4) is 0 Å². The van der Waals surface area contributed by atoms with Gasteiger partial charge in [-0.2, -0.15) is 0 Å². The Bertz CT molecular complexity index is 294. The lowest BCUT2D eigenvalue weighted by atomic mass is 9.96. The van der Waals surface area contributed by atoms with Crippen molar-refractivity contribution in [1.82, 2.24) is 10.2 Å². The lowest BCUT2D eigenvalue weighted by Gasteiger charge is -2.32. The molecule has 0 saturated carbocycles. The maximum atomic E-state index is 12.0.